The van der Waals surface area contributed by atoms with Crippen LogP contribution in [0.25, 0.3) is 0 Å². The molecule has 0 saturated carbocycles. The van der Waals surface area contributed by atoms with E-state index in [-0.39, 0.29) is 36.8 Å². The Kier molecular flexibility index (Phi) is 4.10. The zero-order chi connectivity index (χ0) is 16.4. The average molecular weight is 313 g/mol. The van der Waals surface area contributed by atoms with Gasteiger partial charge < -0.3 is 9.64 Å². The highest BCUT2D eigenvalue weighted by atomic mass is 19.1. The summed E-state index contributed by atoms with van der Waals surface area (Å²) in [7, 11) is 1.40. The van der Waals surface area contributed by atoms with Gasteiger partial charge >= 0.3 is 0 Å². The molecule has 0 aromatic heterocycles. The Morgan fingerprint density at radius 1 is 1.13 bits per heavy atom. The van der Waals surface area contributed by atoms with Gasteiger partial charge in [-0.25, -0.2) is 4.39 Å². The summed E-state index contributed by atoms with van der Waals surface area (Å²) in [6, 6.07) is 11.6. The lowest BCUT2D eigenvalue weighted by Crippen LogP contribution is -2.29. The number of Topliss-reactive ketones (excluding diaryl/α,β-unsaturated/α-hetero) is 1. The summed E-state index contributed by atoms with van der Waals surface area (Å²) in [6.45, 7) is 0.264. The molecular weight excluding hydrogens is 297 g/mol. The maximum atomic E-state index is 13.5. The topological polar surface area (TPSA) is 46.6 Å². The second kappa shape index (κ2) is 6.20. The smallest absolute Gasteiger partial charge is 0.227 e. The van der Waals surface area contributed by atoms with Crippen molar-refractivity contribution in [2.45, 2.75) is 19.4 Å². The molecule has 1 amide bonds. The molecule has 4 nitrogen and oxygen atoms in total. The second-order valence-electron chi connectivity index (χ2n) is 5.39. The lowest BCUT2D eigenvalue weighted by atomic mass is 10.1. The largest absolute Gasteiger partial charge is 0.494 e. The van der Waals surface area contributed by atoms with Crippen LogP contribution in [-0.4, -0.2) is 18.8 Å². The Morgan fingerprint density at radius 2 is 1.91 bits per heavy atom. The first-order valence-corrected chi connectivity index (χ1v) is 7.35. The molecule has 3 rings (SSSR count). The van der Waals surface area contributed by atoms with Gasteiger partial charge in [0.05, 0.1) is 19.3 Å². The number of hydrogen-bond acceptors (Lipinski definition) is 3. The molecule has 0 atom stereocenters. The highest BCUT2D eigenvalue weighted by Gasteiger charge is 2.26. The van der Waals surface area contributed by atoms with Gasteiger partial charge in [-0.3, -0.25) is 9.59 Å². The fourth-order valence-electron chi connectivity index (χ4n) is 2.73. The van der Waals surface area contributed by atoms with Gasteiger partial charge in [-0.2, -0.15) is 0 Å². The van der Waals surface area contributed by atoms with Crippen molar-refractivity contribution in [3.63, 3.8) is 0 Å². The van der Waals surface area contributed by atoms with Crippen LogP contribution in [0.3, 0.4) is 0 Å². The van der Waals surface area contributed by atoms with Crippen LogP contribution in [0.1, 0.15) is 28.8 Å². The maximum Gasteiger partial charge on any atom is 0.227 e. The molecule has 0 radical (unpaired) electrons. The molecule has 2 aromatic carbocycles. The molecule has 1 heterocycles. The van der Waals surface area contributed by atoms with Crippen LogP contribution in [-0.2, 0) is 11.3 Å². The maximum absolute atomic E-state index is 13.5. The lowest BCUT2D eigenvalue weighted by molar-refractivity contribution is -0.118. The minimum atomic E-state index is -0.450. The summed E-state index contributed by atoms with van der Waals surface area (Å²) in [4.78, 5) is 26.1. The highest BCUT2D eigenvalue weighted by molar-refractivity contribution is 6.09. The summed E-state index contributed by atoms with van der Waals surface area (Å²) in [6.07, 6.45) is 0.380. The number of methoxy groups -OCH3 is 1. The number of ketones is 1. The van der Waals surface area contributed by atoms with Gasteiger partial charge in [-0.15, -0.1) is 0 Å². The van der Waals surface area contributed by atoms with Crippen LogP contribution in [0.15, 0.2) is 42.5 Å². The van der Waals surface area contributed by atoms with Crippen molar-refractivity contribution in [1.29, 1.82) is 0 Å². The molecule has 23 heavy (non-hydrogen) atoms. The zero-order valence-electron chi connectivity index (χ0n) is 12.7. The number of carbonyl (C=O) groups excluding carboxylic acids is 2. The predicted molar refractivity (Wildman–Crippen MR) is 84.1 cm³/mol. The van der Waals surface area contributed by atoms with Crippen molar-refractivity contribution < 1.29 is 18.7 Å². The van der Waals surface area contributed by atoms with E-state index in [9.17, 15) is 14.0 Å². The second-order valence-corrected chi connectivity index (χ2v) is 5.39. The molecular formula is C18H16FNO3. The van der Waals surface area contributed by atoms with E-state index < -0.39 is 5.82 Å². The van der Waals surface area contributed by atoms with Crippen molar-refractivity contribution in [2.75, 3.05) is 12.0 Å². The quantitative estimate of drug-likeness (QED) is 0.873. The van der Waals surface area contributed by atoms with Crippen molar-refractivity contribution in [1.82, 2.24) is 0 Å². The number of amides is 1. The Hall–Kier alpha value is -2.69. The fraction of sp³-hybridized carbons (Fsp3) is 0.222. The van der Waals surface area contributed by atoms with Crippen molar-refractivity contribution >= 4 is 17.4 Å². The fourth-order valence-corrected chi connectivity index (χ4v) is 2.73. The van der Waals surface area contributed by atoms with Gasteiger partial charge in [0.25, 0.3) is 0 Å². The first kappa shape index (κ1) is 15.2. The van der Waals surface area contributed by atoms with Gasteiger partial charge in [-0.1, -0.05) is 18.2 Å². The summed E-state index contributed by atoms with van der Waals surface area (Å²) in [5.41, 5.74) is 1.89. The van der Waals surface area contributed by atoms with Gasteiger partial charge in [0, 0.05) is 18.4 Å². The van der Waals surface area contributed by atoms with E-state index in [0.717, 1.165) is 5.56 Å². The summed E-state index contributed by atoms with van der Waals surface area (Å²) in [5.74, 6) is -0.470. The minimum Gasteiger partial charge on any atom is -0.494 e. The number of fused-ring (bicyclic) bond motifs is 1. The molecule has 0 spiro atoms. The van der Waals surface area contributed by atoms with E-state index >= 15 is 0 Å². The van der Waals surface area contributed by atoms with Gasteiger partial charge in [0.1, 0.15) is 0 Å². The molecule has 0 saturated heterocycles. The van der Waals surface area contributed by atoms with E-state index in [1.165, 1.54) is 13.2 Å². The van der Waals surface area contributed by atoms with Crippen LogP contribution in [0.5, 0.6) is 5.75 Å². The first-order chi connectivity index (χ1) is 11.1. The lowest BCUT2D eigenvalue weighted by Gasteiger charge is -2.23. The Morgan fingerprint density at radius 3 is 2.70 bits per heavy atom. The molecule has 5 heteroatoms. The number of benzene rings is 2. The summed E-state index contributed by atoms with van der Waals surface area (Å²) < 4.78 is 18.5. The Labute approximate surface area is 133 Å². The number of rotatable bonds is 3. The monoisotopic (exact) mass is 313 g/mol. The average Bonchev–Trinajstić information content (AvgIpc) is 2.69. The van der Waals surface area contributed by atoms with E-state index in [1.807, 2.05) is 0 Å². The number of nitrogens with zero attached hydrogens (tertiary/aromatic N) is 1. The number of hydrogen-bond donors (Lipinski definition) is 0. The molecule has 2 aromatic rings. The summed E-state index contributed by atoms with van der Waals surface area (Å²) in [5, 5.41) is 0. The molecule has 0 aliphatic carbocycles. The third kappa shape index (κ3) is 2.95. The third-order valence-electron chi connectivity index (χ3n) is 3.92. The standard InChI is InChI=1S/C18H16FNO3/c1-23-17-10-12(6-7-14(17)19)11-20-15-5-3-2-4-13(15)16(21)8-9-18(20)22/h2-7,10H,8-9,11H2,1H3. The third-order valence-corrected chi connectivity index (χ3v) is 3.92. The minimum absolute atomic E-state index is 0.0341. The number of anilines is 1. The first-order valence-electron chi connectivity index (χ1n) is 7.35. The SMILES string of the molecule is COc1cc(CN2C(=O)CCC(=O)c3ccccc32)ccc1F. The summed E-state index contributed by atoms with van der Waals surface area (Å²) >= 11 is 0. The zero-order valence-corrected chi connectivity index (χ0v) is 12.7. The molecule has 1 aliphatic rings. The normalized spacial score (nSPS) is 14.4. The van der Waals surface area contributed by atoms with Crippen molar-refractivity contribution in [3.05, 3.63) is 59.4 Å². The molecule has 0 bridgehead atoms. The van der Waals surface area contributed by atoms with Gasteiger partial charge in [0.15, 0.2) is 17.3 Å². The van der Waals surface area contributed by atoms with Gasteiger partial charge in [-0.05, 0) is 29.8 Å². The van der Waals surface area contributed by atoms with Crippen LogP contribution >= 0.6 is 0 Å². The molecule has 0 fully saturated rings. The van der Waals surface area contributed by atoms with Crippen LogP contribution in [0.2, 0.25) is 0 Å². The number of ether oxygens (including phenoxy) is 1. The predicted octanol–water partition coefficient (Wildman–Crippen LogP) is 3.34. The van der Waals surface area contributed by atoms with E-state index in [1.54, 1.807) is 41.3 Å². The van der Waals surface area contributed by atoms with Gasteiger partial charge in [0.2, 0.25) is 5.91 Å². The number of para-hydroxylation sites is 1. The molecule has 0 N–H and O–H groups in total. The molecule has 1 aliphatic heterocycles. The van der Waals surface area contributed by atoms with E-state index in [2.05, 4.69) is 0 Å². The number of halogens is 1. The van der Waals surface area contributed by atoms with E-state index in [0.29, 0.717) is 11.3 Å². The Balaban J connectivity index is 1.99. The highest BCUT2D eigenvalue weighted by Crippen LogP contribution is 2.29. The van der Waals surface area contributed by atoms with Crippen LogP contribution in [0.4, 0.5) is 10.1 Å². The van der Waals surface area contributed by atoms with Crippen LogP contribution in [0, 0.1) is 5.82 Å². The molecule has 0 unspecified atom stereocenters. The van der Waals surface area contributed by atoms with E-state index in [4.69, 9.17) is 4.74 Å². The molecule has 118 valence electrons. The van der Waals surface area contributed by atoms with Crippen LogP contribution < -0.4 is 9.64 Å². The van der Waals surface area contributed by atoms with Crippen molar-refractivity contribution in [2.24, 2.45) is 0 Å². The Bertz CT molecular complexity index is 773. The number of carbonyl (C=O) groups is 2. The van der Waals surface area contributed by atoms with Crippen molar-refractivity contribution in [3.8, 4) is 5.75 Å².